The van der Waals surface area contributed by atoms with Crippen LogP contribution in [-0.2, 0) is 9.53 Å². The normalized spacial score (nSPS) is 26.3. The topological polar surface area (TPSA) is 41.6 Å². The molecule has 0 aromatic heterocycles. The van der Waals surface area contributed by atoms with Crippen LogP contribution < -0.4 is 5.32 Å². The summed E-state index contributed by atoms with van der Waals surface area (Å²) in [5.74, 6) is 0.180. The smallest absolute Gasteiger partial charge is 0.242 e. The van der Waals surface area contributed by atoms with E-state index in [0.29, 0.717) is 13.2 Å². The van der Waals surface area contributed by atoms with Gasteiger partial charge >= 0.3 is 0 Å². The maximum absolute atomic E-state index is 12.1. The minimum absolute atomic E-state index is 0.180. The number of likely N-dealkylation sites (N-methyl/N-ethyl adjacent to an activating group) is 1. The number of methoxy groups -OCH3 is 1. The van der Waals surface area contributed by atoms with Crippen LogP contribution in [0.25, 0.3) is 0 Å². The van der Waals surface area contributed by atoms with E-state index in [-0.39, 0.29) is 11.4 Å². The van der Waals surface area contributed by atoms with E-state index in [1.165, 1.54) is 6.42 Å². The van der Waals surface area contributed by atoms with Gasteiger partial charge in [0.05, 0.1) is 12.1 Å². The first-order valence-corrected chi connectivity index (χ1v) is 5.60. The minimum atomic E-state index is -0.360. The Bertz CT molecular complexity index is 213. The lowest BCUT2D eigenvalue weighted by atomic mass is 9.89. The second kappa shape index (κ2) is 5.47. The van der Waals surface area contributed by atoms with Crippen molar-refractivity contribution in [3.05, 3.63) is 0 Å². The lowest BCUT2D eigenvalue weighted by Gasteiger charge is -2.36. The summed E-state index contributed by atoms with van der Waals surface area (Å²) < 4.78 is 4.97. The van der Waals surface area contributed by atoms with Crippen LogP contribution in [0.2, 0.25) is 0 Å². The molecule has 88 valence electrons. The molecule has 0 saturated carbocycles. The second-order valence-electron chi connectivity index (χ2n) is 4.44. The number of hydrogen-bond donors (Lipinski definition) is 1. The van der Waals surface area contributed by atoms with Gasteiger partial charge in [0.25, 0.3) is 0 Å². The molecule has 0 radical (unpaired) electrons. The largest absolute Gasteiger partial charge is 0.383 e. The van der Waals surface area contributed by atoms with Gasteiger partial charge in [-0.05, 0) is 32.7 Å². The second-order valence-corrected chi connectivity index (χ2v) is 4.44. The SMILES string of the molecule is COCCN(C)C(=O)C1(C)CCCCN1. The van der Waals surface area contributed by atoms with Gasteiger partial charge in [-0.15, -0.1) is 0 Å². The predicted octanol–water partition coefficient (Wildman–Crippen LogP) is 0.623. The van der Waals surface area contributed by atoms with Crippen LogP contribution in [-0.4, -0.2) is 50.2 Å². The highest BCUT2D eigenvalue weighted by atomic mass is 16.5. The van der Waals surface area contributed by atoms with Gasteiger partial charge < -0.3 is 15.0 Å². The molecular weight excluding hydrogens is 192 g/mol. The molecule has 1 N–H and O–H groups in total. The van der Waals surface area contributed by atoms with Crippen LogP contribution >= 0.6 is 0 Å². The summed E-state index contributed by atoms with van der Waals surface area (Å²) in [6, 6.07) is 0. The first-order valence-electron chi connectivity index (χ1n) is 5.60. The number of rotatable bonds is 4. The molecule has 1 aliphatic rings. The van der Waals surface area contributed by atoms with E-state index in [2.05, 4.69) is 5.32 Å². The third-order valence-electron chi connectivity index (χ3n) is 3.07. The molecule has 1 unspecified atom stereocenters. The predicted molar refractivity (Wildman–Crippen MR) is 59.8 cm³/mol. The van der Waals surface area contributed by atoms with Crippen molar-refractivity contribution in [3.63, 3.8) is 0 Å². The molecule has 0 spiro atoms. The molecule has 15 heavy (non-hydrogen) atoms. The highest BCUT2D eigenvalue weighted by Gasteiger charge is 2.35. The van der Waals surface area contributed by atoms with Gasteiger partial charge in [-0.3, -0.25) is 4.79 Å². The fourth-order valence-electron chi connectivity index (χ4n) is 1.99. The summed E-state index contributed by atoms with van der Waals surface area (Å²) in [6.45, 7) is 4.20. The van der Waals surface area contributed by atoms with Crippen molar-refractivity contribution >= 4 is 5.91 Å². The van der Waals surface area contributed by atoms with Crippen LogP contribution in [0, 0.1) is 0 Å². The zero-order chi connectivity index (χ0) is 11.3. The van der Waals surface area contributed by atoms with Crippen molar-refractivity contribution in [1.82, 2.24) is 10.2 Å². The van der Waals surface area contributed by atoms with E-state index in [0.717, 1.165) is 19.4 Å². The fourth-order valence-corrected chi connectivity index (χ4v) is 1.99. The molecule has 1 heterocycles. The summed E-state index contributed by atoms with van der Waals surface area (Å²) in [4.78, 5) is 13.9. The number of nitrogens with zero attached hydrogens (tertiary/aromatic N) is 1. The zero-order valence-corrected chi connectivity index (χ0v) is 10.0. The first kappa shape index (κ1) is 12.5. The molecule has 0 aromatic rings. The van der Waals surface area contributed by atoms with Crippen molar-refractivity contribution in [2.24, 2.45) is 0 Å². The van der Waals surface area contributed by atoms with E-state index >= 15 is 0 Å². The Labute approximate surface area is 92.0 Å². The van der Waals surface area contributed by atoms with Gasteiger partial charge in [0, 0.05) is 20.7 Å². The standard InChI is InChI=1S/C11H22N2O2/c1-11(6-4-5-7-12-11)10(14)13(2)8-9-15-3/h12H,4-9H2,1-3H3. The highest BCUT2D eigenvalue weighted by molar-refractivity contribution is 5.85. The number of piperidine rings is 1. The monoisotopic (exact) mass is 214 g/mol. The average Bonchev–Trinajstić information content (AvgIpc) is 2.26. The molecule has 0 aliphatic carbocycles. The Morgan fingerprint density at radius 1 is 1.53 bits per heavy atom. The summed E-state index contributed by atoms with van der Waals surface area (Å²) in [5.41, 5.74) is -0.360. The lowest BCUT2D eigenvalue weighted by molar-refractivity contribution is -0.137. The number of carbonyl (C=O) groups excluding carboxylic acids is 1. The maximum atomic E-state index is 12.1. The van der Waals surface area contributed by atoms with E-state index in [1.54, 1.807) is 12.0 Å². The Morgan fingerprint density at radius 3 is 2.80 bits per heavy atom. The lowest BCUT2D eigenvalue weighted by Crippen LogP contribution is -2.57. The van der Waals surface area contributed by atoms with Crippen LogP contribution in [0.4, 0.5) is 0 Å². The van der Waals surface area contributed by atoms with E-state index < -0.39 is 0 Å². The molecule has 4 heteroatoms. The third-order valence-corrected chi connectivity index (χ3v) is 3.07. The van der Waals surface area contributed by atoms with Crippen molar-refractivity contribution in [2.75, 3.05) is 33.9 Å². The Balaban J connectivity index is 2.49. The Morgan fingerprint density at radius 2 is 2.27 bits per heavy atom. The quantitative estimate of drug-likeness (QED) is 0.746. The summed E-state index contributed by atoms with van der Waals surface area (Å²) >= 11 is 0. The van der Waals surface area contributed by atoms with Crippen molar-refractivity contribution < 1.29 is 9.53 Å². The molecule has 1 amide bonds. The van der Waals surface area contributed by atoms with Crippen molar-refractivity contribution in [3.8, 4) is 0 Å². The first-order chi connectivity index (χ1) is 7.10. The molecule has 1 atom stereocenters. The Hall–Kier alpha value is -0.610. The van der Waals surface area contributed by atoms with Gasteiger partial charge in [-0.1, -0.05) is 0 Å². The number of amides is 1. The van der Waals surface area contributed by atoms with Gasteiger partial charge in [0.1, 0.15) is 0 Å². The van der Waals surface area contributed by atoms with Crippen molar-refractivity contribution in [1.29, 1.82) is 0 Å². The van der Waals surface area contributed by atoms with Gasteiger partial charge in [-0.25, -0.2) is 0 Å². The zero-order valence-electron chi connectivity index (χ0n) is 10.0. The van der Waals surface area contributed by atoms with E-state index in [1.807, 2.05) is 14.0 Å². The molecule has 1 aliphatic heterocycles. The number of ether oxygens (including phenoxy) is 1. The minimum Gasteiger partial charge on any atom is -0.383 e. The molecule has 1 rings (SSSR count). The Kier molecular flexibility index (Phi) is 4.54. The van der Waals surface area contributed by atoms with Gasteiger partial charge in [0.2, 0.25) is 5.91 Å². The summed E-state index contributed by atoms with van der Waals surface area (Å²) in [7, 11) is 3.49. The summed E-state index contributed by atoms with van der Waals surface area (Å²) in [5, 5.41) is 3.32. The van der Waals surface area contributed by atoms with E-state index in [9.17, 15) is 4.79 Å². The number of carbonyl (C=O) groups is 1. The van der Waals surface area contributed by atoms with Crippen LogP contribution in [0.15, 0.2) is 0 Å². The maximum Gasteiger partial charge on any atom is 0.242 e. The van der Waals surface area contributed by atoms with Crippen LogP contribution in [0.5, 0.6) is 0 Å². The van der Waals surface area contributed by atoms with Crippen molar-refractivity contribution in [2.45, 2.75) is 31.7 Å². The van der Waals surface area contributed by atoms with E-state index in [4.69, 9.17) is 4.74 Å². The van der Waals surface area contributed by atoms with Crippen LogP contribution in [0.3, 0.4) is 0 Å². The molecular formula is C11H22N2O2. The fraction of sp³-hybridized carbons (Fsp3) is 0.909. The summed E-state index contributed by atoms with van der Waals surface area (Å²) in [6.07, 6.45) is 3.24. The molecule has 1 fully saturated rings. The van der Waals surface area contributed by atoms with Gasteiger partial charge in [0.15, 0.2) is 0 Å². The highest BCUT2D eigenvalue weighted by Crippen LogP contribution is 2.20. The van der Waals surface area contributed by atoms with Crippen LogP contribution in [0.1, 0.15) is 26.2 Å². The number of nitrogens with one attached hydrogen (secondary N) is 1. The molecule has 0 bridgehead atoms. The molecule has 4 nitrogen and oxygen atoms in total. The average molecular weight is 214 g/mol. The third kappa shape index (κ3) is 3.18. The molecule has 1 saturated heterocycles. The van der Waals surface area contributed by atoms with Gasteiger partial charge in [-0.2, -0.15) is 0 Å². The molecule has 0 aromatic carbocycles. The number of hydrogen-bond acceptors (Lipinski definition) is 3.